The number of aromatic nitrogens is 1. The van der Waals surface area contributed by atoms with Crippen molar-refractivity contribution in [3.8, 4) is 11.6 Å². The molecule has 1 aromatic heterocycles. The number of hydrogen-bond acceptors (Lipinski definition) is 4. The zero-order chi connectivity index (χ0) is 18.9. The van der Waals surface area contributed by atoms with E-state index in [0.29, 0.717) is 19.0 Å². The van der Waals surface area contributed by atoms with Crippen LogP contribution in [0.4, 0.5) is 0 Å². The van der Waals surface area contributed by atoms with E-state index in [9.17, 15) is 0 Å². The molecule has 6 nitrogen and oxygen atoms in total. The highest BCUT2D eigenvalue weighted by Gasteiger charge is 2.22. The summed E-state index contributed by atoms with van der Waals surface area (Å²) in [4.78, 5) is 10.9. The minimum absolute atomic E-state index is 0.260. The number of rotatable bonds is 6. The van der Waals surface area contributed by atoms with Gasteiger partial charge in [-0.05, 0) is 30.7 Å². The van der Waals surface area contributed by atoms with Gasteiger partial charge in [-0.3, -0.25) is 4.99 Å². The number of nitrogens with zero attached hydrogens (tertiary/aromatic N) is 3. The molecule has 0 aliphatic carbocycles. The molecule has 27 heavy (non-hydrogen) atoms. The van der Waals surface area contributed by atoms with Gasteiger partial charge < -0.3 is 19.7 Å². The van der Waals surface area contributed by atoms with Crippen LogP contribution < -0.4 is 14.8 Å². The molecule has 2 aromatic rings. The van der Waals surface area contributed by atoms with Crippen molar-refractivity contribution in [1.29, 1.82) is 0 Å². The predicted molar refractivity (Wildman–Crippen MR) is 107 cm³/mol. The molecule has 0 amide bonds. The Morgan fingerprint density at radius 2 is 2.00 bits per heavy atom. The summed E-state index contributed by atoms with van der Waals surface area (Å²) >= 11 is 0. The van der Waals surface area contributed by atoms with Crippen molar-refractivity contribution in [1.82, 2.24) is 15.2 Å². The number of ether oxygens (including phenoxy) is 2. The first-order valence-electron chi connectivity index (χ1n) is 9.53. The third kappa shape index (κ3) is 5.61. The zero-order valence-electron chi connectivity index (χ0n) is 16.1. The molecule has 1 aliphatic rings. The Hall–Kier alpha value is -2.76. The average Bonchev–Trinajstić information content (AvgIpc) is 2.71. The van der Waals surface area contributed by atoms with Crippen LogP contribution in [0.1, 0.15) is 25.3 Å². The molecule has 0 saturated carbocycles. The second-order valence-electron chi connectivity index (χ2n) is 6.45. The van der Waals surface area contributed by atoms with Gasteiger partial charge in [-0.15, -0.1) is 0 Å². The van der Waals surface area contributed by atoms with Crippen LogP contribution in [0.2, 0.25) is 0 Å². The monoisotopic (exact) mass is 368 g/mol. The van der Waals surface area contributed by atoms with Crippen LogP contribution in [0.25, 0.3) is 0 Å². The topological polar surface area (TPSA) is 59.0 Å². The minimum atomic E-state index is 0.260. The third-order valence-electron chi connectivity index (χ3n) is 4.54. The van der Waals surface area contributed by atoms with Crippen LogP contribution in [0.3, 0.4) is 0 Å². The summed E-state index contributed by atoms with van der Waals surface area (Å²) in [7, 11) is 1.83. The SMILES string of the molecule is CCOc1cc(CNC(=NC)N2CCC(Oc3ccccc3)CC2)ccn1. The molecule has 0 unspecified atom stereocenters. The molecule has 1 aromatic carbocycles. The van der Waals surface area contributed by atoms with E-state index in [0.717, 1.165) is 43.2 Å². The Morgan fingerprint density at radius 1 is 1.22 bits per heavy atom. The molecule has 3 rings (SSSR count). The number of hydrogen-bond donors (Lipinski definition) is 1. The molecular formula is C21H28N4O2. The van der Waals surface area contributed by atoms with E-state index >= 15 is 0 Å². The van der Waals surface area contributed by atoms with Gasteiger partial charge in [-0.2, -0.15) is 0 Å². The van der Waals surface area contributed by atoms with Crippen LogP contribution in [0.15, 0.2) is 53.7 Å². The largest absolute Gasteiger partial charge is 0.490 e. The van der Waals surface area contributed by atoms with Crippen molar-refractivity contribution in [2.75, 3.05) is 26.7 Å². The fourth-order valence-corrected chi connectivity index (χ4v) is 3.18. The molecule has 0 radical (unpaired) electrons. The molecule has 144 valence electrons. The number of nitrogens with one attached hydrogen (secondary N) is 1. The summed E-state index contributed by atoms with van der Waals surface area (Å²) in [6.07, 6.45) is 4.01. The zero-order valence-corrected chi connectivity index (χ0v) is 16.1. The van der Waals surface area contributed by atoms with E-state index in [4.69, 9.17) is 9.47 Å². The van der Waals surface area contributed by atoms with Gasteiger partial charge in [0.05, 0.1) is 6.61 Å². The average molecular weight is 368 g/mol. The molecule has 6 heteroatoms. The lowest BCUT2D eigenvalue weighted by Gasteiger charge is -2.34. The van der Waals surface area contributed by atoms with Gasteiger partial charge in [0.25, 0.3) is 0 Å². The number of likely N-dealkylation sites (tertiary alicyclic amines) is 1. The predicted octanol–water partition coefficient (Wildman–Crippen LogP) is 3.10. The fourth-order valence-electron chi connectivity index (χ4n) is 3.18. The van der Waals surface area contributed by atoms with Gasteiger partial charge in [0.2, 0.25) is 5.88 Å². The van der Waals surface area contributed by atoms with Crippen molar-refractivity contribution >= 4 is 5.96 Å². The van der Waals surface area contributed by atoms with Gasteiger partial charge in [-0.1, -0.05) is 18.2 Å². The summed E-state index contributed by atoms with van der Waals surface area (Å²) < 4.78 is 11.5. The lowest BCUT2D eigenvalue weighted by molar-refractivity contribution is 0.129. The number of benzene rings is 1. The first-order chi connectivity index (χ1) is 13.3. The molecule has 1 fully saturated rings. The second-order valence-corrected chi connectivity index (χ2v) is 6.45. The van der Waals surface area contributed by atoms with Gasteiger partial charge >= 0.3 is 0 Å². The van der Waals surface area contributed by atoms with E-state index in [1.54, 1.807) is 6.20 Å². The highest BCUT2D eigenvalue weighted by atomic mass is 16.5. The lowest BCUT2D eigenvalue weighted by Crippen LogP contribution is -2.47. The summed E-state index contributed by atoms with van der Waals surface area (Å²) in [6.45, 7) is 5.12. The number of aliphatic imine (C=N–C) groups is 1. The maximum absolute atomic E-state index is 6.07. The number of guanidine groups is 1. The van der Waals surface area contributed by atoms with Gasteiger partial charge in [-0.25, -0.2) is 4.98 Å². The minimum Gasteiger partial charge on any atom is -0.490 e. The van der Waals surface area contributed by atoms with Crippen LogP contribution >= 0.6 is 0 Å². The number of piperidine rings is 1. The van der Waals surface area contributed by atoms with Gasteiger partial charge in [0.15, 0.2) is 5.96 Å². The van der Waals surface area contributed by atoms with Crippen molar-refractivity contribution < 1.29 is 9.47 Å². The standard InChI is InChI=1S/C21H28N4O2/c1-3-26-20-15-17(9-12-23-20)16-24-21(22-2)25-13-10-19(11-14-25)27-18-7-5-4-6-8-18/h4-9,12,15,19H,3,10-11,13-14,16H2,1-2H3,(H,22,24). The number of pyridine rings is 1. The Bertz CT molecular complexity index is 728. The summed E-state index contributed by atoms with van der Waals surface area (Å²) in [5.41, 5.74) is 1.12. The molecule has 0 atom stereocenters. The Kier molecular flexibility index (Phi) is 6.90. The molecule has 1 saturated heterocycles. The summed E-state index contributed by atoms with van der Waals surface area (Å²) in [5, 5.41) is 3.44. The molecular weight excluding hydrogens is 340 g/mol. The van der Waals surface area contributed by atoms with E-state index in [1.807, 2.05) is 56.4 Å². The normalized spacial score (nSPS) is 15.5. The van der Waals surface area contributed by atoms with E-state index in [2.05, 4.69) is 20.2 Å². The van der Waals surface area contributed by atoms with Gasteiger partial charge in [0.1, 0.15) is 11.9 Å². The first kappa shape index (κ1) is 19.0. The summed E-state index contributed by atoms with van der Waals surface area (Å²) in [6, 6.07) is 14.0. The Labute approximate surface area is 161 Å². The Balaban J connectivity index is 1.48. The smallest absolute Gasteiger partial charge is 0.213 e. The first-order valence-corrected chi connectivity index (χ1v) is 9.53. The van der Waals surface area contributed by atoms with Crippen LogP contribution in [-0.2, 0) is 6.54 Å². The third-order valence-corrected chi connectivity index (χ3v) is 4.54. The molecule has 0 bridgehead atoms. The Morgan fingerprint density at radius 3 is 2.70 bits per heavy atom. The molecule has 1 aliphatic heterocycles. The molecule has 1 N–H and O–H groups in total. The van der Waals surface area contributed by atoms with Crippen LogP contribution in [0.5, 0.6) is 11.6 Å². The maximum atomic E-state index is 6.07. The number of para-hydroxylation sites is 1. The molecule has 2 heterocycles. The van der Waals surface area contributed by atoms with E-state index in [1.165, 1.54) is 0 Å². The molecule has 0 spiro atoms. The maximum Gasteiger partial charge on any atom is 0.213 e. The fraction of sp³-hybridized carbons (Fsp3) is 0.429. The highest BCUT2D eigenvalue weighted by molar-refractivity contribution is 5.80. The van der Waals surface area contributed by atoms with Crippen molar-refractivity contribution in [3.63, 3.8) is 0 Å². The van der Waals surface area contributed by atoms with Gasteiger partial charge in [0, 0.05) is 51.8 Å². The van der Waals surface area contributed by atoms with Crippen LogP contribution in [-0.4, -0.2) is 48.7 Å². The highest BCUT2D eigenvalue weighted by Crippen LogP contribution is 2.18. The summed E-state index contributed by atoms with van der Waals surface area (Å²) in [5.74, 6) is 2.52. The lowest BCUT2D eigenvalue weighted by atomic mass is 10.1. The van der Waals surface area contributed by atoms with Crippen molar-refractivity contribution in [2.45, 2.75) is 32.4 Å². The second kappa shape index (κ2) is 9.80. The van der Waals surface area contributed by atoms with E-state index in [-0.39, 0.29) is 6.10 Å². The quantitative estimate of drug-likeness (QED) is 0.627. The van der Waals surface area contributed by atoms with Crippen LogP contribution in [0, 0.1) is 0 Å². The van der Waals surface area contributed by atoms with Crippen molar-refractivity contribution in [2.24, 2.45) is 4.99 Å². The van der Waals surface area contributed by atoms with Crippen molar-refractivity contribution in [3.05, 3.63) is 54.2 Å². The van der Waals surface area contributed by atoms with E-state index < -0.39 is 0 Å².